The van der Waals surface area contributed by atoms with Crippen LogP contribution in [0.25, 0.3) is 0 Å². The fourth-order valence-electron chi connectivity index (χ4n) is 6.35. The molecule has 4 aromatic rings. The maximum Gasteiger partial charge on any atom is 0.200 e. The molecular weight excluding hydrogens is 584 g/mol. The fraction of sp³-hybridized carbons (Fsp3) is 0.222. The van der Waals surface area contributed by atoms with Crippen LogP contribution < -0.4 is 18.9 Å². The normalized spacial score (nSPS) is 16.5. The number of nitriles is 4. The minimum absolute atomic E-state index is 0.542. The predicted octanol–water partition coefficient (Wildman–Crippen LogP) is 6.72. The van der Waals surface area contributed by atoms with Gasteiger partial charge in [0.1, 0.15) is 32.5 Å². The van der Waals surface area contributed by atoms with Crippen molar-refractivity contribution in [3.8, 4) is 47.3 Å². The summed E-state index contributed by atoms with van der Waals surface area (Å²) in [6.07, 6.45) is 0. The average Bonchev–Trinajstić information content (AvgIpc) is 3.36. The molecule has 0 aliphatic carbocycles. The Morgan fingerprint density at radius 2 is 0.600 bits per heavy atom. The Bertz CT molecular complexity index is 1600. The Morgan fingerprint density at radius 3 is 0.756 bits per heavy atom. The fourth-order valence-corrected chi connectivity index (χ4v) is 8.62. The summed E-state index contributed by atoms with van der Waals surface area (Å²) in [7, 11) is 6.18. The number of methoxy groups -OCH3 is 4. The lowest BCUT2D eigenvalue weighted by Crippen LogP contribution is -2.52. The monoisotopic (exact) mass is 612 g/mol. The van der Waals surface area contributed by atoms with E-state index in [-0.39, 0.29) is 0 Å². The Kier molecular flexibility index (Phi) is 8.10. The second kappa shape index (κ2) is 11.8. The third-order valence-electron chi connectivity index (χ3n) is 8.58. The van der Waals surface area contributed by atoms with Gasteiger partial charge in [-0.3, -0.25) is 0 Å². The van der Waals surface area contributed by atoms with Crippen molar-refractivity contribution >= 4 is 11.8 Å². The van der Waals surface area contributed by atoms with Gasteiger partial charge in [0.15, 0.2) is 10.8 Å². The van der Waals surface area contributed by atoms with Crippen LogP contribution in [0.15, 0.2) is 97.1 Å². The van der Waals surface area contributed by atoms with Crippen LogP contribution in [0.3, 0.4) is 0 Å². The van der Waals surface area contributed by atoms with Crippen LogP contribution in [0.2, 0.25) is 0 Å². The van der Waals surface area contributed by atoms with E-state index in [4.69, 9.17) is 18.9 Å². The molecule has 0 aromatic heterocycles. The van der Waals surface area contributed by atoms with Crippen LogP contribution in [-0.2, 0) is 9.49 Å². The van der Waals surface area contributed by atoms with Crippen molar-refractivity contribution < 1.29 is 18.9 Å². The van der Waals surface area contributed by atoms with Gasteiger partial charge in [0, 0.05) is 0 Å². The summed E-state index contributed by atoms with van der Waals surface area (Å²) in [6, 6.07) is 37.2. The van der Waals surface area contributed by atoms with Crippen molar-refractivity contribution in [2.24, 2.45) is 10.8 Å². The van der Waals surface area contributed by atoms with E-state index < -0.39 is 20.3 Å². The van der Waals surface area contributed by atoms with E-state index in [9.17, 15) is 21.0 Å². The van der Waals surface area contributed by atoms with E-state index >= 15 is 0 Å². The molecule has 0 atom stereocenters. The predicted molar refractivity (Wildman–Crippen MR) is 168 cm³/mol. The van der Waals surface area contributed by atoms with Gasteiger partial charge >= 0.3 is 0 Å². The van der Waals surface area contributed by atoms with Gasteiger partial charge in [0.05, 0.1) is 52.7 Å². The minimum Gasteiger partial charge on any atom is -0.497 e. The highest BCUT2D eigenvalue weighted by Crippen LogP contribution is 2.80. The molecule has 0 amide bonds. The lowest BCUT2D eigenvalue weighted by Gasteiger charge is -2.40. The first kappa shape index (κ1) is 30.8. The Morgan fingerprint density at radius 1 is 0.400 bits per heavy atom. The van der Waals surface area contributed by atoms with E-state index in [2.05, 4.69) is 24.3 Å². The number of rotatable bonds is 8. The highest BCUT2D eigenvalue weighted by atomic mass is 32.2. The number of hydrogen-bond acceptors (Lipinski definition) is 9. The molecule has 1 saturated heterocycles. The Labute approximate surface area is 266 Å². The SMILES string of the molecule is COc1ccc(C2(c3ccc(OC)cc3)SC(c3ccc(OC)cc3)(c3ccc(OC)cc3)C(C#N)(C#N)C2(C#N)C#N)cc1. The molecule has 1 aliphatic rings. The van der Waals surface area contributed by atoms with E-state index in [0.29, 0.717) is 45.3 Å². The first-order valence-corrected chi connectivity index (χ1v) is 14.6. The number of benzene rings is 4. The second-order valence-corrected chi connectivity index (χ2v) is 11.8. The molecule has 0 radical (unpaired) electrons. The number of ether oxygens (including phenoxy) is 4. The van der Waals surface area contributed by atoms with Gasteiger partial charge in [-0.25, -0.2) is 0 Å². The third kappa shape index (κ3) is 4.10. The molecule has 0 spiro atoms. The average molecular weight is 613 g/mol. The minimum atomic E-state index is -2.27. The summed E-state index contributed by atoms with van der Waals surface area (Å²) in [5, 5.41) is 45.1. The zero-order chi connectivity index (χ0) is 32.3. The van der Waals surface area contributed by atoms with Gasteiger partial charge in [-0.2, -0.15) is 21.0 Å². The second-order valence-electron chi connectivity index (χ2n) is 10.3. The molecule has 5 rings (SSSR count). The maximum absolute atomic E-state index is 11.3. The Hall–Kier alpha value is -5.61. The van der Waals surface area contributed by atoms with Crippen LogP contribution in [0, 0.1) is 56.2 Å². The lowest BCUT2D eigenvalue weighted by atomic mass is 9.50. The molecule has 0 saturated carbocycles. The summed E-state index contributed by atoms with van der Waals surface area (Å²) in [5.41, 5.74) is -2.37. The van der Waals surface area contributed by atoms with Gasteiger partial charge in [-0.1, -0.05) is 48.5 Å². The van der Waals surface area contributed by atoms with Crippen LogP contribution in [-0.4, -0.2) is 28.4 Å². The van der Waals surface area contributed by atoms with Crippen LogP contribution in [0.5, 0.6) is 23.0 Å². The maximum atomic E-state index is 11.3. The van der Waals surface area contributed by atoms with E-state index in [1.165, 1.54) is 11.8 Å². The molecule has 1 fully saturated rings. The van der Waals surface area contributed by atoms with Crippen LogP contribution in [0.4, 0.5) is 0 Å². The molecular formula is C36H28N4O4S. The lowest BCUT2D eigenvalue weighted by molar-refractivity contribution is 0.237. The molecule has 0 N–H and O–H groups in total. The van der Waals surface area contributed by atoms with E-state index in [1.54, 1.807) is 126 Å². The zero-order valence-electron chi connectivity index (χ0n) is 25.1. The third-order valence-corrected chi connectivity index (χ3v) is 10.7. The van der Waals surface area contributed by atoms with Gasteiger partial charge in [0.2, 0.25) is 0 Å². The first-order chi connectivity index (χ1) is 21.8. The molecule has 8 nitrogen and oxygen atoms in total. The quantitative estimate of drug-likeness (QED) is 0.213. The molecule has 9 heteroatoms. The summed E-state index contributed by atoms with van der Waals surface area (Å²) in [6.45, 7) is 0. The molecule has 1 aliphatic heterocycles. The van der Waals surface area contributed by atoms with Crippen molar-refractivity contribution in [2.45, 2.75) is 9.49 Å². The standard InChI is InChI=1S/C36H28N4O4S/c1-41-29-13-5-25(6-14-29)35(26-7-15-30(42-2)16-8-26)33(21-37,22-38)34(23-39,24-40)36(45-35,27-9-17-31(43-3)18-10-27)28-11-19-32(44-4)20-12-28/h5-20H,1-4H3. The number of thioether (sulfide) groups is 1. The smallest absolute Gasteiger partial charge is 0.200 e. The molecule has 4 aromatic carbocycles. The molecule has 222 valence electrons. The molecule has 0 bridgehead atoms. The highest BCUT2D eigenvalue weighted by Gasteiger charge is 2.83. The topological polar surface area (TPSA) is 132 Å². The highest BCUT2D eigenvalue weighted by molar-refractivity contribution is 8.02. The van der Waals surface area contributed by atoms with Crippen LogP contribution in [0.1, 0.15) is 22.3 Å². The summed E-state index contributed by atoms with van der Waals surface area (Å²) in [5.74, 6) is 2.26. The van der Waals surface area contributed by atoms with Crippen molar-refractivity contribution in [3.05, 3.63) is 119 Å². The van der Waals surface area contributed by atoms with Gasteiger partial charge in [0.25, 0.3) is 0 Å². The largest absolute Gasteiger partial charge is 0.497 e. The van der Waals surface area contributed by atoms with Crippen molar-refractivity contribution in [2.75, 3.05) is 28.4 Å². The number of hydrogen-bond donors (Lipinski definition) is 0. The summed E-state index contributed by atoms with van der Waals surface area (Å²) in [4.78, 5) is 0. The van der Waals surface area contributed by atoms with Gasteiger partial charge < -0.3 is 18.9 Å². The van der Waals surface area contributed by atoms with E-state index in [1.807, 2.05) is 0 Å². The van der Waals surface area contributed by atoms with Gasteiger partial charge in [-0.15, -0.1) is 11.8 Å². The summed E-state index contributed by atoms with van der Waals surface area (Å²) < 4.78 is 18.6. The molecule has 0 unspecified atom stereocenters. The molecule has 45 heavy (non-hydrogen) atoms. The Balaban J connectivity index is 2.03. The first-order valence-electron chi connectivity index (χ1n) is 13.8. The van der Waals surface area contributed by atoms with E-state index in [0.717, 1.165) is 0 Å². The van der Waals surface area contributed by atoms with Crippen LogP contribution >= 0.6 is 11.8 Å². The number of nitrogens with zero attached hydrogens (tertiary/aromatic N) is 4. The van der Waals surface area contributed by atoms with Gasteiger partial charge in [-0.05, 0) is 70.8 Å². The van der Waals surface area contributed by atoms with Crippen molar-refractivity contribution in [3.63, 3.8) is 0 Å². The van der Waals surface area contributed by atoms with Crippen molar-refractivity contribution in [1.82, 2.24) is 0 Å². The zero-order valence-corrected chi connectivity index (χ0v) is 25.9. The molecule has 1 heterocycles. The summed E-state index contributed by atoms with van der Waals surface area (Å²) >= 11 is 1.23. The van der Waals surface area contributed by atoms with Crippen molar-refractivity contribution in [1.29, 1.82) is 21.0 Å².